The molecule has 0 aliphatic carbocycles. The lowest BCUT2D eigenvalue weighted by Gasteiger charge is -2.35. The average molecular weight is 537 g/mol. The van der Waals surface area contributed by atoms with Crippen LogP contribution in [0.2, 0.25) is 0 Å². The molecule has 1 heterocycles. The minimum atomic E-state index is -0.259. The van der Waals surface area contributed by atoms with Gasteiger partial charge in [0.1, 0.15) is 5.82 Å². The molecule has 0 bridgehead atoms. The summed E-state index contributed by atoms with van der Waals surface area (Å²) in [6, 6.07) is 14.9. The van der Waals surface area contributed by atoms with Crippen molar-refractivity contribution < 1.29 is 33.2 Å². The smallest absolute Gasteiger partial charge is 0.254 e. The lowest BCUT2D eigenvalue weighted by atomic mass is 9.99. The van der Waals surface area contributed by atoms with Gasteiger partial charge >= 0.3 is 0 Å². The molecule has 9 heteroatoms. The number of carbonyl (C=O) groups excluding carboxylic acids is 1. The molecule has 4 rings (SSSR count). The molecule has 39 heavy (non-hydrogen) atoms. The Labute approximate surface area is 227 Å². The molecule has 0 saturated carbocycles. The van der Waals surface area contributed by atoms with Gasteiger partial charge in [-0.05, 0) is 59.2 Å². The fourth-order valence-electron chi connectivity index (χ4n) is 4.60. The van der Waals surface area contributed by atoms with Crippen molar-refractivity contribution in [3.8, 4) is 28.7 Å². The number of nitrogens with zero attached hydrogens (tertiary/aromatic N) is 2. The molecule has 8 nitrogen and oxygen atoms in total. The van der Waals surface area contributed by atoms with Crippen LogP contribution < -0.4 is 18.9 Å². The Balaban J connectivity index is 1.64. The third-order valence-corrected chi connectivity index (χ3v) is 6.70. The van der Waals surface area contributed by atoms with E-state index in [1.807, 2.05) is 0 Å². The van der Waals surface area contributed by atoms with Crippen molar-refractivity contribution in [1.29, 1.82) is 0 Å². The van der Waals surface area contributed by atoms with Crippen LogP contribution in [0.3, 0.4) is 0 Å². The van der Waals surface area contributed by atoms with Crippen molar-refractivity contribution in [3.63, 3.8) is 0 Å². The van der Waals surface area contributed by atoms with E-state index in [4.69, 9.17) is 18.9 Å². The minimum absolute atomic E-state index is 0.0302. The average Bonchev–Trinajstić information content (AvgIpc) is 2.96. The van der Waals surface area contributed by atoms with Crippen LogP contribution in [0.5, 0.6) is 28.7 Å². The van der Waals surface area contributed by atoms with Crippen LogP contribution in [-0.2, 0) is 11.3 Å². The third kappa shape index (κ3) is 6.43. The van der Waals surface area contributed by atoms with E-state index in [9.17, 15) is 14.3 Å². The summed E-state index contributed by atoms with van der Waals surface area (Å²) in [5, 5.41) is 10.3. The number of halogens is 1. The van der Waals surface area contributed by atoms with Crippen LogP contribution in [0.25, 0.3) is 11.6 Å². The summed E-state index contributed by atoms with van der Waals surface area (Å²) in [5.74, 6) is 1.15. The van der Waals surface area contributed by atoms with Gasteiger partial charge in [0.25, 0.3) is 5.91 Å². The number of piperazine rings is 1. The summed E-state index contributed by atoms with van der Waals surface area (Å²) in [4.78, 5) is 18.0. The zero-order valence-electron chi connectivity index (χ0n) is 22.6. The zero-order chi connectivity index (χ0) is 27.9. The molecule has 1 aliphatic rings. The normalized spacial score (nSPS) is 14.2. The number of ether oxygens (including phenoxy) is 4. The summed E-state index contributed by atoms with van der Waals surface area (Å²) >= 11 is 0. The fourth-order valence-corrected chi connectivity index (χ4v) is 4.60. The van der Waals surface area contributed by atoms with Crippen molar-refractivity contribution in [3.05, 3.63) is 77.1 Å². The standard InChI is InChI=1S/C30H33FN2O6/c1-36-26-10-7-21(16-25(26)34)15-24(22-17-27(37-2)29(39-4)28(18-22)38-3)30(35)33-13-11-32(12-14-33)19-20-5-8-23(31)9-6-20/h5-10,15-18,34H,11-14,19H2,1-4H3/b24-15+. The number of phenols is 1. The molecule has 1 fully saturated rings. The topological polar surface area (TPSA) is 80.7 Å². The Morgan fingerprint density at radius 2 is 1.46 bits per heavy atom. The number of hydrogen-bond donors (Lipinski definition) is 1. The number of phenolic OH excluding ortho intramolecular Hbond substituents is 1. The molecular formula is C30H33FN2O6. The Kier molecular flexibility index (Phi) is 8.93. The second kappa shape index (κ2) is 12.5. The fraction of sp³-hybridized carbons (Fsp3) is 0.300. The molecule has 0 spiro atoms. The van der Waals surface area contributed by atoms with Gasteiger partial charge in [-0.25, -0.2) is 4.39 Å². The molecule has 1 N–H and O–H groups in total. The van der Waals surface area contributed by atoms with Crippen molar-refractivity contribution in [2.75, 3.05) is 54.6 Å². The molecular weight excluding hydrogens is 503 g/mol. The van der Waals surface area contributed by atoms with E-state index in [0.717, 1.165) is 5.56 Å². The van der Waals surface area contributed by atoms with Crippen molar-refractivity contribution in [2.24, 2.45) is 0 Å². The van der Waals surface area contributed by atoms with Gasteiger partial charge in [0, 0.05) is 38.3 Å². The monoisotopic (exact) mass is 536 g/mol. The molecule has 0 radical (unpaired) electrons. The molecule has 0 unspecified atom stereocenters. The number of aromatic hydroxyl groups is 1. The maximum atomic E-state index is 14.0. The summed E-state index contributed by atoms with van der Waals surface area (Å²) in [6.07, 6.45) is 1.73. The van der Waals surface area contributed by atoms with Gasteiger partial charge in [-0.2, -0.15) is 0 Å². The summed E-state index contributed by atoms with van der Waals surface area (Å²) in [7, 11) is 6.04. The van der Waals surface area contributed by atoms with Crippen LogP contribution in [0, 0.1) is 5.82 Å². The van der Waals surface area contributed by atoms with Crippen molar-refractivity contribution in [1.82, 2.24) is 9.80 Å². The molecule has 1 aliphatic heterocycles. The number of hydrogen-bond acceptors (Lipinski definition) is 7. The molecule has 1 amide bonds. The van der Waals surface area contributed by atoms with Gasteiger partial charge < -0.3 is 29.0 Å². The van der Waals surface area contributed by atoms with E-state index >= 15 is 0 Å². The number of rotatable bonds is 9. The lowest BCUT2D eigenvalue weighted by molar-refractivity contribution is -0.126. The Hall–Kier alpha value is -4.24. The van der Waals surface area contributed by atoms with Crippen LogP contribution in [0.1, 0.15) is 16.7 Å². The molecule has 0 aromatic heterocycles. The first kappa shape index (κ1) is 27.8. The number of benzene rings is 3. The highest BCUT2D eigenvalue weighted by atomic mass is 19.1. The second-order valence-corrected chi connectivity index (χ2v) is 9.10. The van der Waals surface area contributed by atoms with Gasteiger partial charge in [0.15, 0.2) is 23.0 Å². The number of carbonyl (C=O) groups is 1. The zero-order valence-corrected chi connectivity index (χ0v) is 22.6. The molecule has 0 atom stereocenters. The molecule has 206 valence electrons. The van der Waals surface area contributed by atoms with Gasteiger partial charge in [-0.15, -0.1) is 0 Å². The first-order valence-corrected chi connectivity index (χ1v) is 12.5. The van der Waals surface area contributed by atoms with E-state index in [-0.39, 0.29) is 17.5 Å². The van der Waals surface area contributed by atoms with E-state index in [2.05, 4.69) is 4.90 Å². The molecule has 3 aromatic rings. The van der Waals surface area contributed by atoms with Crippen molar-refractivity contribution in [2.45, 2.75) is 6.54 Å². The van der Waals surface area contributed by atoms with Crippen LogP contribution in [-0.4, -0.2) is 75.4 Å². The quantitative estimate of drug-likeness (QED) is 0.320. The van der Waals surface area contributed by atoms with E-state index in [0.29, 0.717) is 72.4 Å². The highest BCUT2D eigenvalue weighted by molar-refractivity contribution is 6.24. The van der Waals surface area contributed by atoms with Gasteiger partial charge in [-0.1, -0.05) is 18.2 Å². The Morgan fingerprint density at radius 3 is 2.00 bits per heavy atom. The second-order valence-electron chi connectivity index (χ2n) is 9.10. The number of amides is 1. The van der Waals surface area contributed by atoms with Crippen LogP contribution >= 0.6 is 0 Å². The maximum Gasteiger partial charge on any atom is 0.254 e. The molecule has 3 aromatic carbocycles. The Bertz CT molecular complexity index is 1310. The van der Waals surface area contributed by atoms with E-state index in [1.165, 1.54) is 40.6 Å². The highest BCUT2D eigenvalue weighted by Gasteiger charge is 2.26. The largest absolute Gasteiger partial charge is 0.504 e. The SMILES string of the molecule is COc1ccc(/C=C(/C(=O)N2CCN(Cc3ccc(F)cc3)CC2)c2cc(OC)c(OC)c(OC)c2)cc1O. The predicted octanol–water partition coefficient (Wildman–Crippen LogP) is 4.45. The Morgan fingerprint density at radius 1 is 0.846 bits per heavy atom. The lowest BCUT2D eigenvalue weighted by Crippen LogP contribution is -2.48. The first-order chi connectivity index (χ1) is 18.9. The summed E-state index contributed by atoms with van der Waals surface area (Å²) in [6.45, 7) is 3.08. The van der Waals surface area contributed by atoms with Crippen LogP contribution in [0.4, 0.5) is 4.39 Å². The highest BCUT2D eigenvalue weighted by Crippen LogP contribution is 2.41. The van der Waals surface area contributed by atoms with Crippen molar-refractivity contribution >= 4 is 17.6 Å². The molecule has 1 saturated heterocycles. The maximum absolute atomic E-state index is 14.0. The van der Waals surface area contributed by atoms with Gasteiger partial charge in [0.2, 0.25) is 5.75 Å². The number of methoxy groups -OCH3 is 4. The van der Waals surface area contributed by atoms with Gasteiger partial charge in [0.05, 0.1) is 28.4 Å². The van der Waals surface area contributed by atoms with Gasteiger partial charge in [-0.3, -0.25) is 9.69 Å². The van der Waals surface area contributed by atoms with E-state index < -0.39 is 0 Å². The van der Waals surface area contributed by atoms with Crippen LogP contribution in [0.15, 0.2) is 54.6 Å². The predicted molar refractivity (Wildman–Crippen MR) is 147 cm³/mol. The third-order valence-electron chi connectivity index (χ3n) is 6.70. The summed E-state index contributed by atoms with van der Waals surface area (Å²) in [5.41, 5.74) is 2.64. The first-order valence-electron chi connectivity index (χ1n) is 12.5. The minimum Gasteiger partial charge on any atom is -0.504 e. The van der Waals surface area contributed by atoms with E-state index in [1.54, 1.807) is 53.4 Å². The summed E-state index contributed by atoms with van der Waals surface area (Å²) < 4.78 is 34.9.